The van der Waals surface area contributed by atoms with E-state index >= 15 is 0 Å². The van der Waals surface area contributed by atoms with Gasteiger partial charge in [0.2, 0.25) is 0 Å². The van der Waals surface area contributed by atoms with E-state index in [4.69, 9.17) is 4.74 Å². The Balaban J connectivity index is 1.45. The summed E-state index contributed by atoms with van der Waals surface area (Å²) in [6, 6.07) is 21.7. The number of hydrogen-bond acceptors (Lipinski definition) is 4. The number of nitrogens with zero attached hydrogens (tertiary/aromatic N) is 1. The van der Waals surface area contributed by atoms with E-state index in [1.165, 1.54) is 11.0 Å². The highest BCUT2D eigenvalue weighted by atomic mass is 16.5. The topological polar surface area (TPSA) is 75.7 Å². The van der Waals surface area contributed by atoms with Crippen molar-refractivity contribution in [2.45, 2.75) is 13.0 Å². The van der Waals surface area contributed by atoms with E-state index in [1.807, 2.05) is 54.6 Å². The second-order valence-electron chi connectivity index (χ2n) is 7.25. The lowest BCUT2D eigenvalue weighted by atomic mass is 10.1. The van der Waals surface area contributed by atoms with Gasteiger partial charge in [0.1, 0.15) is 5.75 Å². The Bertz CT molecular complexity index is 1140. The molecule has 0 aliphatic carbocycles. The highest BCUT2D eigenvalue weighted by Crippen LogP contribution is 2.25. The Morgan fingerprint density at radius 3 is 2.39 bits per heavy atom. The number of benzene rings is 3. The predicted octanol–water partition coefficient (Wildman–Crippen LogP) is 3.46. The monoisotopic (exact) mass is 414 g/mol. The van der Waals surface area contributed by atoms with Gasteiger partial charge < -0.3 is 10.1 Å². The average molecular weight is 414 g/mol. The maximum Gasteiger partial charge on any atom is 0.261 e. The fraction of sp³-hybridized carbons (Fsp3) is 0.160. The van der Waals surface area contributed by atoms with Gasteiger partial charge >= 0.3 is 0 Å². The fourth-order valence-corrected chi connectivity index (χ4v) is 3.65. The molecule has 1 aliphatic rings. The van der Waals surface area contributed by atoms with Crippen molar-refractivity contribution in [1.82, 2.24) is 10.2 Å². The maximum absolute atomic E-state index is 12.8. The molecular formula is C25H22N2O4. The molecule has 0 fully saturated rings. The number of rotatable bonds is 7. The lowest BCUT2D eigenvalue weighted by Crippen LogP contribution is -2.31. The minimum Gasteiger partial charge on any atom is -0.496 e. The van der Waals surface area contributed by atoms with Crippen molar-refractivity contribution in [3.8, 4) is 5.75 Å². The molecule has 3 amide bonds. The average Bonchev–Trinajstić information content (AvgIpc) is 3.06. The lowest BCUT2D eigenvalue weighted by Gasteiger charge is -2.13. The van der Waals surface area contributed by atoms with Gasteiger partial charge in [-0.25, -0.2) is 0 Å². The SMILES string of the molecule is COc1ccccc1CNC(=O)c1ccc2c(c1)C(=O)N(CCc1ccccc1)C2=O. The summed E-state index contributed by atoms with van der Waals surface area (Å²) in [5.41, 5.74) is 2.83. The van der Waals surface area contributed by atoms with Gasteiger partial charge in [-0.3, -0.25) is 19.3 Å². The van der Waals surface area contributed by atoms with Gasteiger partial charge in [-0.2, -0.15) is 0 Å². The highest BCUT2D eigenvalue weighted by molar-refractivity contribution is 6.22. The molecule has 0 saturated heterocycles. The summed E-state index contributed by atoms with van der Waals surface area (Å²) in [5.74, 6) is -0.324. The minimum absolute atomic E-state index is 0.267. The van der Waals surface area contributed by atoms with E-state index in [0.29, 0.717) is 29.8 Å². The van der Waals surface area contributed by atoms with Gasteiger partial charge in [-0.1, -0.05) is 48.5 Å². The van der Waals surface area contributed by atoms with Gasteiger partial charge in [0, 0.05) is 24.2 Å². The standard InChI is InChI=1S/C25H22N2O4/c1-31-22-10-6-5-9-19(22)16-26-23(28)18-11-12-20-21(15-18)25(30)27(24(20)29)14-13-17-7-3-2-4-8-17/h2-12,15H,13-14,16H2,1H3,(H,26,28). The summed E-state index contributed by atoms with van der Waals surface area (Å²) in [5, 5.41) is 2.84. The van der Waals surface area contributed by atoms with Crippen LogP contribution in [0.1, 0.15) is 42.2 Å². The van der Waals surface area contributed by atoms with Crippen molar-refractivity contribution in [2.24, 2.45) is 0 Å². The Labute approximate surface area is 180 Å². The first kappa shape index (κ1) is 20.3. The fourth-order valence-electron chi connectivity index (χ4n) is 3.65. The third-order valence-electron chi connectivity index (χ3n) is 5.33. The summed E-state index contributed by atoms with van der Waals surface area (Å²) >= 11 is 0. The van der Waals surface area contributed by atoms with Crippen LogP contribution in [0.2, 0.25) is 0 Å². The van der Waals surface area contributed by atoms with Gasteiger partial charge in [0.05, 0.1) is 18.2 Å². The highest BCUT2D eigenvalue weighted by Gasteiger charge is 2.35. The van der Waals surface area contributed by atoms with E-state index in [0.717, 1.165) is 11.1 Å². The molecule has 1 heterocycles. The van der Waals surface area contributed by atoms with Crippen molar-refractivity contribution in [1.29, 1.82) is 0 Å². The zero-order valence-electron chi connectivity index (χ0n) is 17.1. The van der Waals surface area contributed by atoms with E-state index in [1.54, 1.807) is 19.2 Å². The first-order valence-corrected chi connectivity index (χ1v) is 10.0. The molecule has 1 N–H and O–H groups in total. The predicted molar refractivity (Wildman–Crippen MR) is 116 cm³/mol. The van der Waals surface area contributed by atoms with Crippen molar-refractivity contribution in [3.63, 3.8) is 0 Å². The summed E-state index contributed by atoms with van der Waals surface area (Å²) in [7, 11) is 1.58. The molecule has 4 rings (SSSR count). The van der Waals surface area contributed by atoms with Gasteiger partial charge in [0.25, 0.3) is 17.7 Å². The van der Waals surface area contributed by atoms with E-state index in [9.17, 15) is 14.4 Å². The Kier molecular flexibility index (Phi) is 5.80. The molecule has 6 nitrogen and oxygen atoms in total. The summed E-state index contributed by atoms with van der Waals surface area (Å²) in [4.78, 5) is 39.4. The molecule has 31 heavy (non-hydrogen) atoms. The molecule has 156 valence electrons. The maximum atomic E-state index is 12.8. The molecule has 0 spiro atoms. The van der Waals surface area contributed by atoms with Crippen molar-refractivity contribution < 1.29 is 19.1 Å². The van der Waals surface area contributed by atoms with Crippen LogP contribution in [-0.4, -0.2) is 36.3 Å². The van der Waals surface area contributed by atoms with Crippen molar-refractivity contribution in [2.75, 3.05) is 13.7 Å². The van der Waals surface area contributed by atoms with E-state index in [2.05, 4.69) is 5.32 Å². The Hall–Kier alpha value is -3.93. The number of imide groups is 1. The van der Waals surface area contributed by atoms with Crippen LogP contribution in [-0.2, 0) is 13.0 Å². The normalized spacial score (nSPS) is 12.6. The summed E-state index contributed by atoms with van der Waals surface area (Å²) in [6.45, 7) is 0.585. The van der Waals surface area contributed by atoms with E-state index in [-0.39, 0.29) is 29.8 Å². The number of amides is 3. The quantitative estimate of drug-likeness (QED) is 0.601. The number of nitrogens with one attached hydrogen (secondary N) is 1. The molecule has 0 saturated carbocycles. The summed E-state index contributed by atoms with van der Waals surface area (Å²) < 4.78 is 5.30. The molecule has 3 aromatic carbocycles. The van der Waals surface area contributed by atoms with Crippen LogP contribution in [0.5, 0.6) is 5.75 Å². The zero-order chi connectivity index (χ0) is 21.8. The third-order valence-corrected chi connectivity index (χ3v) is 5.33. The number of ether oxygens (including phenoxy) is 1. The van der Waals surface area contributed by atoms with Crippen LogP contribution in [0.4, 0.5) is 0 Å². The number of methoxy groups -OCH3 is 1. The first-order valence-electron chi connectivity index (χ1n) is 10.0. The smallest absolute Gasteiger partial charge is 0.261 e. The molecule has 0 radical (unpaired) electrons. The van der Waals surface area contributed by atoms with E-state index < -0.39 is 0 Å². The zero-order valence-corrected chi connectivity index (χ0v) is 17.1. The van der Waals surface area contributed by atoms with Crippen molar-refractivity contribution >= 4 is 17.7 Å². The van der Waals surface area contributed by atoms with Crippen LogP contribution in [0.25, 0.3) is 0 Å². The molecule has 0 atom stereocenters. The van der Waals surface area contributed by atoms with Crippen LogP contribution in [0.15, 0.2) is 72.8 Å². The molecule has 1 aliphatic heterocycles. The second kappa shape index (κ2) is 8.83. The molecular weight excluding hydrogens is 392 g/mol. The van der Waals surface area contributed by atoms with Crippen LogP contribution >= 0.6 is 0 Å². The van der Waals surface area contributed by atoms with Gasteiger partial charge in [0.15, 0.2) is 0 Å². The van der Waals surface area contributed by atoms with Crippen molar-refractivity contribution in [3.05, 3.63) is 101 Å². The van der Waals surface area contributed by atoms with Crippen LogP contribution < -0.4 is 10.1 Å². The van der Waals surface area contributed by atoms with Crippen LogP contribution in [0, 0.1) is 0 Å². The second-order valence-corrected chi connectivity index (χ2v) is 7.25. The molecule has 0 unspecified atom stereocenters. The Morgan fingerprint density at radius 2 is 1.61 bits per heavy atom. The Morgan fingerprint density at radius 1 is 0.903 bits per heavy atom. The van der Waals surface area contributed by atoms with Crippen LogP contribution in [0.3, 0.4) is 0 Å². The molecule has 3 aromatic rings. The number of carbonyl (C=O) groups is 3. The van der Waals surface area contributed by atoms with Gasteiger partial charge in [-0.15, -0.1) is 0 Å². The lowest BCUT2D eigenvalue weighted by molar-refractivity contribution is 0.0656. The summed E-state index contributed by atoms with van der Waals surface area (Å²) in [6.07, 6.45) is 0.582. The minimum atomic E-state index is -0.365. The first-order chi connectivity index (χ1) is 15.1. The van der Waals surface area contributed by atoms with Gasteiger partial charge in [-0.05, 0) is 36.2 Å². The molecule has 0 bridgehead atoms. The number of para-hydroxylation sites is 1. The number of hydrogen-bond donors (Lipinski definition) is 1. The molecule has 6 heteroatoms. The number of fused-ring (bicyclic) bond motifs is 1. The largest absolute Gasteiger partial charge is 0.496 e. The molecule has 0 aromatic heterocycles. The third kappa shape index (κ3) is 4.19. The number of carbonyl (C=O) groups excluding carboxylic acids is 3.